The summed E-state index contributed by atoms with van der Waals surface area (Å²) in [5.41, 5.74) is 2.17. The molecule has 4 aromatic carbocycles. The van der Waals surface area contributed by atoms with Crippen LogP contribution in [0.2, 0.25) is 0 Å². The Hall–Kier alpha value is -4.59. The van der Waals surface area contributed by atoms with Crippen LogP contribution in [0.15, 0.2) is 89.1 Å². The average Bonchev–Trinajstić information content (AvgIpc) is 2.80. The molecule has 0 aromatic heterocycles. The van der Waals surface area contributed by atoms with Gasteiger partial charge in [-0.2, -0.15) is 0 Å². The lowest BCUT2D eigenvalue weighted by atomic mass is 10.0. The first-order valence-electron chi connectivity index (χ1n) is 10.2. The number of azo groups is 1. The van der Waals surface area contributed by atoms with Crippen molar-refractivity contribution in [3.63, 3.8) is 0 Å². The number of carbonyl (C=O) groups is 1. The van der Waals surface area contributed by atoms with Crippen molar-refractivity contribution in [2.45, 2.75) is 13.3 Å². The molecule has 0 radical (unpaired) electrons. The number of aromatic hydroxyl groups is 1. The molecule has 2 N–H and O–H groups in total. The smallest absolute Gasteiger partial charge is 0.271 e. The molecule has 164 valence electrons. The third kappa shape index (κ3) is 4.85. The second-order valence-corrected chi connectivity index (χ2v) is 7.47. The van der Waals surface area contributed by atoms with Crippen LogP contribution in [-0.2, 0) is 11.2 Å². The number of hydrogen-bond acceptors (Lipinski definition) is 6. The monoisotopic (exact) mass is 440 g/mol. The summed E-state index contributed by atoms with van der Waals surface area (Å²) >= 11 is 0. The van der Waals surface area contributed by atoms with Crippen LogP contribution >= 0.6 is 0 Å². The number of nitrogens with zero attached hydrogens (tertiary/aromatic N) is 3. The zero-order chi connectivity index (χ0) is 23.4. The highest BCUT2D eigenvalue weighted by Crippen LogP contribution is 2.40. The highest BCUT2D eigenvalue weighted by atomic mass is 16.6. The molecule has 8 heteroatoms. The van der Waals surface area contributed by atoms with E-state index < -0.39 is 4.92 Å². The van der Waals surface area contributed by atoms with Crippen LogP contribution in [-0.4, -0.2) is 15.9 Å². The number of hydrogen-bond donors (Lipinski definition) is 2. The van der Waals surface area contributed by atoms with Crippen LogP contribution in [0.5, 0.6) is 5.75 Å². The van der Waals surface area contributed by atoms with E-state index in [1.807, 2.05) is 30.3 Å². The summed E-state index contributed by atoms with van der Waals surface area (Å²) in [5.74, 6) is -0.451. The summed E-state index contributed by atoms with van der Waals surface area (Å²) < 4.78 is 0. The van der Waals surface area contributed by atoms with Crippen molar-refractivity contribution in [1.29, 1.82) is 0 Å². The summed E-state index contributed by atoms with van der Waals surface area (Å²) in [4.78, 5) is 23.2. The number of nitrogens with one attached hydrogen (secondary N) is 1. The van der Waals surface area contributed by atoms with E-state index in [1.165, 1.54) is 12.1 Å². The number of aryl methyl sites for hydroxylation is 1. The minimum absolute atomic E-state index is 0.0656. The Morgan fingerprint density at radius 3 is 2.48 bits per heavy atom. The van der Waals surface area contributed by atoms with E-state index in [9.17, 15) is 20.0 Å². The van der Waals surface area contributed by atoms with Gasteiger partial charge in [0.25, 0.3) is 5.69 Å². The summed E-state index contributed by atoms with van der Waals surface area (Å²) in [7, 11) is 0. The van der Waals surface area contributed by atoms with Crippen molar-refractivity contribution in [3.8, 4) is 5.75 Å². The number of phenolic OH excluding ortho intramolecular Hbond substituents is 1. The number of carbonyl (C=O) groups excluding carboxylic acids is 1. The zero-order valence-electron chi connectivity index (χ0n) is 17.7. The van der Waals surface area contributed by atoms with Crippen molar-refractivity contribution < 1.29 is 14.8 Å². The van der Waals surface area contributed by atoms with Gasteiger partial charge in [-0.3, -0.25) is 14.9 Å². The molecule has 0 aliphatic rings. The molecule has 0 aliphatic carbocycles. The lowest BCUT2D eigenvalue weighted by molar-refractivity contribution is -0.384. The Morgan fingerprint density at radius 1 is 1.00 bits per heavy atom. The summed E-state index contributed by atoms with van der Waals surface area (Å²) in [6.07, 6.45) is -0.0656. The maximum atomic E-state index is 12.6. The predicted molar refractivity (Wildman–Crippen MR) is 126 cm³/mol. The number of non-ortho nitro benzene ring substituents is 1. The fourth-order valence-corrected chi connectivity index (χ4v) is 3.43. The first-order chi connectivity index (χ1) is 15.9. The van der Waals surface area contributed by atoms with Crippen LogP contribution in [0.4, 0.5) is 22.7 Å². The Bertz CT molecular complexity index is 1380. The van der Waals surface area contributed by atoms with Gasteiger partial charge < -0.3 is 10.4 Å². The van der Waals surface area contributed by atoms with E-state index in [4.69, 9.17) is 0 Å². The molecule has 0 unspecified atom stereocenters. The van der Waals surface area contributed by atoms with Gasteiger partial charge in [-0.1, -0.05) is 48.5 Å². The number of anilines is 1. The molecule has 4 rings (SSSR count). The molecular formula is C25H20N4O4. The summed E-state index contributed by atoms with van der Waals surface area (Å²) in [6.45, 7) is 1.76. The van der Waals surface area contributed by atoms with Crippen LogP contribution in [0.25, 0.3) is 10.8 Å². The normalized spacial score (nSPS) is 11.1. The SMILES string of the molecule is Cc1ccc([N+](=O)[O-])cc1N=Nc1c(O)c(CC(=O)Nc2ccccc2)cc2ccccc12. The first-order valence-corrected chi connectivity index (χ1v) is 10.2. The number of nitro benzene ring substituents is 1. The largest absolute Gasteiger partial charge is 0.505 e. The van der Waals surface area contributed by atoms with Gasteiger partial charge in [-0.15, -0.1) is 10.2 Å². The van der Waals surface area contributed by atoms with Gasteiger partial charge in [0.05, 0.1) is 17.0 Å². The van der Waals surface area contributed by atoms with Gasteiger partial charge in [0.15, 0.2) is 0 Å². The van der Waals surface area contributed by atoms with Gasteiger partial charge in [0.1, 0.15) is 11.4 Å². The Morgan fingerprint density at radius 2 is 1.73 bits per heavy atom. The van der Waals surface area contributed by atoms with Crippen LogP contribution < -0.4 is 5.32 Å². The number of para-hydroxylation sites is 1. The summed E-state index contributed by atoms with van der Waals surface area (Å²) in [5, 5.41) is 34.7. The molecule has 0 heterocycles. The van der Waals surface area contributed by atoms with Crippen molar-refractivity contribution in [2.75, 3.05) is 5.32 Å². The topological polar surface area (TPSA) is 117 Å². The maximum Gasteiger partial charge on any atom is 0.271 e. The molecule has 0 fully saturated rings. The van der Waals surface area contributed by atoms with E-state index in [0.717, 1.165) is 5.39 Å². The number of rotatable bonds is 6. The number of nitro groups is 1. The Kier molecular flexibility index (Phi) is 6.08. The molecule has 33 heavy (non-hydrogen) atoms. The second-order valence-electron chi connectivity index (χ2n) is 7.47. The number of benzene rings is 4. The molecule has 0 bridgehead atoms. The molecular weight excluding hydrogens is 420 g/mol. The molecule has 0 aliphatic heterocycles. The van der Waals surface area contributed by atoms with E-state index >= 15 is 0 Å². The van der Waals surface area contributed by atoms with E-state index in [-0.39, 0.29) is 29.5 Å². The van der Waals surface area contributed by atoms with E-state index in [1.54, 1.807) is 43.3 Å². The Labute approximate surface area is 189 Å². The second kappa shape index (κ2) is 9.27. The fourth-order valence-electron chi connectivity index (χ4n) is 3.43. The zero-order valence-corrected chi connectivity index (χ0v) is 17.7. The molecule has 8 nitrogen and oxygen atoms in total. The quantitative estimate of drug-likeness (QED) is 0.206. The average molecular weight is 440 g/mol. The summed E-state index contributed by atoms with van der Waals surface area (Å²) in [6, 6.07) is 22.4. The van der Waals surface area contributed by atoms with Gasteiger partial charge in [0, 0.05) is 28.8 Å². The third-order valence-electron chi connectivity index (χ3n) is 5.14. The lowest BCUT2D eigenvalue weighted by Gasteiger charge is -2.11. The van der Waals surface area contributed by atoms with Crippen molar-refractivity contribution >= 4 is 39.4 Å². The van der Waals surface area contributed by atoms with Crippen LogP contribution in [0.3, 0.4) is 0 Å². The molecule has 0 saturated carbocycles. The third-order valence-corrected chi connectivity index (χ3v) is 5.14. The van der Waals surface area contributed by atoms with Crippen LogP contribution in [0, 0.1) is 17.0 Å². The van der Waals surface area contributed by atoms with Gasteiger partial charge >= 0.3 is 0 Å². The van der Waals surface area contributed by atoms with Crippen LogP contribution in [0.1, 0.15) is 11.1 Å². The molecule has 0 atom stereocenters. The van der Waals surface area contributed by atoms with Crippen molar-refractivity contribution in [1.82, 2.24) is 0 Å². The van der Waals surface area contributed by atoms with E-state index in [0.29, 0.717) is 27.9 Å². The van der Waals surface area contributed by atoms with E-state index in [2.05, 4.69) is 15.5 Å². The van der Waals surface area contributed by atoms with Gasteiger partial charge in [-0.25, -0.2) is 0 Å². The highest BCUT2D eigenvalue weighted by molar-refractivity contribution is 5.99. The van der Waals surface area contributed by atoms with Crippen molar-refractivity contribution in [2.24, 2.45) is 10.2 Å². The maximum absolute atomic E-state index is 12.6. The highest BCUT2D eigenvalue weighted by Gasteiger charge is 2.16. The van der Waals surface area contributed by atoms with Gasteiger partial charge in [0.2, 0.25) is 5.91 Å². The first kappa shape index (κ1) is 21.6. The minimum atomic E-state index is -0.503. The number of amides is 1. The molecule has 4 aromatic rings. The minimum Gasteiger partial charge on any atom is -0.505 e. The lowest BCUT2D eigenvalue weighted by Crippen LogP contribution is -2.14. The number of phenols is 1. The van der Waals surface area contributed by atoms with Gasteiger partial charge in [-0.05, 0) is 36.1 Å². The number of fused-ring (bicyclic) bond motifs is 1. The standard InChI is InChI=1S/C25H20N4O4/c1-16-11-12-20(29(32)33)15-22(16)27-28-24-21-10-6-5-7-17(21)13-18(25(24)31)14-23(30)26-19-8-3-2-4-9-19/h2-13,15,31H,14H2,1H3,(H,26,30). The van der Waals surface area contributed by atoms with Crippen molar-refractivity contribution in [3.05, 3.63) is 100 Å². The molecule has 0 saturated heterocycles. The molecule has 0 spiro atoms. The predicted octanol–water partition coefficient (Wildman–Crippen LogP) is 6.36. The Balaban J connectivity index is 1.71. The fraction of sp³-hybridized carbons (Fsp3) is 0.0800. The molecule has 1 amide bonds.